The maximum Gasteiger partial charge on any atom is 0.236 e. The number of likely N-dealkylation sites (N-methyl/N-ethyl adjacent to an activating group) is 1. The Morgan fingerprint density at radius 2 is 2.17 bits per heavy atom. The molecule has 1 aromatic rings. The molecule has 2 rings (SSSR count). The fourth-order valence-electron chi connectivity index (χ4n) is 2.14. The highest BCUT2D eigenvalue weighted by molar-refractivity contribution is 5.78. The molecule has 0 radical (unpaired) electrons. The Hall–Kier alpha value is -1.62. The van der Waals surface area contributed by atoms with Crippen molar-refractivity contribution in [2.75, 3.05) is 26.7 Å². The lowest BCUT2D eigenvalue weighted by Gasteiger charge is -2.20. The molecular formula is C13H19N3O2. The number of aromatic hydroxyl groups is 1. The van der Waals surface area contributed by atoms with Crippen LogP contribution in [0.3, 0.4) is 0 Å². The molecule has 1 N–H and O–H groups in total. The van der Waals surface area contributed by atoms with Crippen LogP contribution < -0.4 is 0 Å². The summed E-state index contributed by atoms with van der Waals surface area (Å²) in [4.78, 5) is 19.9. The summed E-state index contributed by atoms with van der Waals surface area (Å²) < 4.78 is 0. The van der Waals surface area contributed by atoms with Gasteiger partial charge in [-0.1, -0.05) is 0 Å². The lowest BCUT2D eigenvalue weighted by Crippen LogP contribution is -2.37. The first kappa shape index (κ1) is 12.8. The Kier molecular flexibility index (Phi) is 4.15. The summed E-state index contributed by atoms with van der Waals surface area (Å²) in [5.74, 6) is 0.350. The number of carbonyl (C=O) groups is 1. The van der Waals surface area contributed by atoms with Gasteiger partial charge in [0.05, 0.1) is 18.4 Å². The molecule has 0 saturated carbocycles. The summed E-state index contributed by atoms with van der Waals surface area (Å²) >= 11 is 0. The summed E-state index contributed by atoms with van der Waals surface area (Å²) in [7, 11) is 1.91. The van der Waals surface area contributed by atoms with Gasteiger partial charge in [0.1, 0.15) is 5.75 Å². The van der Waals surface area contributed by atoms with E-state index in [2.05, 4.69) is 4.98 Å². The van der Waals surface area contributed by atoms with E-state index in [4.69, 9.17) is 5.11 Å². The second-order valence-electron chi connectivity index (χ2n) is 4.77. The molecule has 0 atom stereocenters. The standard InChI is InChI=1S/C13H19N3O2/c1-15(9-11-4-5-12(17)8-14-11)10-13(18)16-6-2-3-7-16/h4-5,8,17H,2-3,6-7,9-10H2,1H3. The first-order valence-electron chi connectivity index (χ1n) is 6.25. The van der Waals surface area contributed by atoms with Crippen LogP contribution in [-0.4, -0.2) is 52.5 Å². The van der Waals surface area contributed by atoms with Crippen molar-refractivity contribution in [3.63, 3.8) is 0 Å². The molecule has 1 aliphatic heterocycles. The van der Waals surface area contributed by atoms with Crippen molar-refractivity contribution in [3.05, 3.63) is 24.0 Å². The molecule has 1 aromatic heterocycles. The molecule has 98 valence electrons. The molecular weight excluding hydrogens is 230 g/mol. The van der Waals surface area contributed by atoms with Crippen LogP contribution in [0.25, 0.3) is 0 Å². The molecule has 1 saturated heterocycles. The zero-order valence-corrected chi connectivity index (χ0v) is 10.7. The lowest BCUT2D eigenvalue weighted by atomic mass is 10.3. The summed E-state index contributed by atoms with van der Waals surface area (Å²) in [5.41, 5.74) is 0.851. The number of pyridine rings is 1. The summed E-state index contributed by atoms with van der Waals surface area (Å²) in [6.45, 7) is 2.82. The van der Waals surface area contributed by atoms with Crippen molar-refractivity contribution in [2.45, 2.75) is 19.4 Å². The van der Waals surface area contributed by atoms with Gasteiger partial charge in [-0.05, 0) is 32.0 Å². The SMILES string of the molecule is CN(CC(=O)N1CCCC1)Cc1ccc(O)cn1. The van der Waals surface area contributed by atoms with Crippen LogP contribution >= 0.6 is 0 Å². The predicted octanol–water partition coefficient (Wildman–Crippen LogP) is 0.841. The van der Waals surface area contributed by atoms with E-state index in [-0.39, 0.29) is 11.7 Å². The van der Waals surface area contributed by atoms with Gasteiger partial charge in [-0.15, -0.1) is 0 Å². The second kappa shape index (κ2) is 5.82. The van der Waals surface area contributed by atoms with E-state index in [1.165, 1.54) is 6.20 Å². The summed E-state index contributed by atoms with van der Waals surface area (Å²) in [6.07, 6.45) is 3.66. The summed E-state index contributed by atoms with van der Waals surface area (Å²) in [5, 5.41) is 9.14. The topological polar surface area (TPSA) is 56.7 Å². The van der Waals surface area contributed by atoms with Gasteiger partial charge in [-0.3, -0.25) is 14.7 Å². The van der Waals surface area contributed by atoms with E-state index < -0.39 is 0 Å². The fourth-order valence-corrected chi connectivity index (χ4v) is 2.14. The van der Waals surface area contributed by atoms with Crippen molar-refractivity contribution in [3.8, 4) is 5.75 Å². The predicted molar refractivity (Wildman–Crippen MR) is 68.0 cm³/mol. The zero-order chi connectivity index (χ0) is 13.0. The minimum Gasteiger partial charge on any atom is -0.506 e. The van der Waals surface area contributed by atoms with Gasteiger partial charge in [-0.2, -0.15) is 0 Å². The largest absolute Gasteiger partial charge is 0.506 e. The molecule has 0 aromatic carbocycles. The zero-order valence-electron chi connectivity index (χ0n) is 10.7. The van der Waals surface area contributed by atoms with E-state index in [0.717, 1.165) is 31.6 Å². The first-order valence-corrected chi connectivity index (χ1v) is 6.25. The van der Waals surface area contributed by atoms with Gasteiger partial charge < -0.3 is 10.0 Å². The molecule has 0 spiro atoms. The molecule has 5 nitrogen and oxygen atoms in total. The number of rotatable bonds is 4. The Morgan fingerprint density at radius 3 is 2.78 bits per heavy atom. The number of nitrogens with zero attached hydrogens (tertiary/aromatic N) is 3. The first-order chi connectivity index (χ1) is 8.65. The van der Waals surface area contributed by atoms with E-state index in [1.54, 1.807) is 12.1 Å². The monoisotopic (exact) mass is 249 g/mol. The number of carbonyl (C=O) groups excluding carboxylic acids is 1. The normalized spacial score (nSPS) is 15.3. The minimum atomic E-state index is 0.162. The number of amides is 1. The number of hydrogen-bond donors (Lipinski definition) is 1. The van der Waals surface area contributed by atoms with Gasteiger partial charge in [0.15, 0.2) is 0 Å². The average Bonchev–Trinajstić information content (AvgIpc) is 2.85. The quantitative estimate of drug-likeness (QED) is 0.859. The Bertz CT molecular complexity index is 399. The number of hydrogen-bond acceptors (Lipinski definition) is 4. The van der Waals surface area contributed by atoms with Gasteiger partial charge in [0.25, 0.3) is 0 Å². The Balaban J connectivity index is 1.82. The highest BCUT2D eigenvalue weighted by Gasteiger charge is 2.19. The van der Waals surface area contributed by atoms with Gasteiger partial charge >= 0.3 is 0 Å². The minimum absolute atomic E-state index is 0.162. The highest BCUT2D eigenvalue weighted by atomic mass is 16.3. The summed E-state index contributed by atoms with van der Waals surface area (Å²) in [6, 6.07) is 3.38. The maximum absolute atomic E-state index is 11.9. The van der Waals surface area contributed by atoms with Crippen molar-refractivity contribution in [1.82, 2.24) is 14.8 Å². The van der Waals surface area contributed by atoms with Crippen molar-refractivity contribution < 1.29 is 9.90 Å². The van der Waals surface area contributed by atoms with Crippen LogP contribution in [0.1, 0.15) is 18.5 Å². The number of aromatic nitrogens is 1. The van der Waals surface area contributed by atoms with Gasteiger partial charge in [-0.25, -0.2) is 0 Å². The fraction of sp³-hybridized carbons (Fsp3) is 0.538. The van der Waals surface area contributed by atoms with E-state index in [1.807, 2.05) is 16.8 Å². The van der Waals surface area contributed by atoms with Crippen molar-refractivity contribution in [2.24, 2.45) is 0 Å². The van der Waals surface area contributed by atoms with Gasteiger partial charge in [0.2, 0.25) is 5.91 Å². The van der Waals surface area contributed by atoms with E-state index in [9.17, 15) is 4.79 Å². The highest BCUT2D eigenvalue weighted by Crippen LogP contribution is 2.10. The van der Waals surface area contributed by atoms with Crippen LogP contribution in [-0.2, 0) is 11.3 Å². The average molecular weight is 249 g/mol. The number of likely N-dealkylation sites (tertiary alicyclic amines) is 1. The third kappa shape index (κ3) is 3.43. The Labute approximate surface area is 107 Å². The third-order valence-corrected chi connectivity index (χ3v) is 3.10. The lowest BCUT2D eigenvalue weighted by molar-refractivity contribution is -0.131. The molecule has 18 heavy (non-hydrogen) atoms. The maximum atomic E-state index is 11.9. The van der Waals surface area contributed by atoms with Crippen LogP contribution in [0, 0.1) is 0 Å². The molecule has 5 heteroatoms. The van der Waals surface area contributed by atoms with Crippen LogP contribution in [0.15, 0.2) is 18.3 Å². The van der Waals surface area contributed by atoms with Crippen LogP contribution in [0.4, 0.5) is 0 Å². The van der Waals surface area contributed by atoms with Gasteiger partial charge in [0, 0.05) is 19.6 Å². The second-order valence-corrected chi connectivity index (χ2v) is 4.77. The molecule has 1 fully saturated rings. The third-order valence-electron chi connectivity index (χ3n) is 3.10. The van der Waals surface area contributed by atoms with E-state index >= 15 is 0 Å². The van der Waals surface area contributed by atoms with Crippen LogP contribution in [0.2, 0.25) is 0 Å². The molecule has 1 amide bonds. The molecule has 1 aliphatic rings. The van der Waals surface area contributed by atoms with Crippen LogP contribution in [0.5, 0.6) is 5.75 Å². The molecule has 0 unspecified atom stereocenters. The van der Waals surface area contributed by atoms with Crippen molar-refractivity contribution in [1.29, 1.82) is 0 Å². The smallest absolute Gasteiger partial charge is 0.236 e. The van der Waals surface area contributed by atoms with E-state index in [0.29, 0.717) is 13.1 Å². The Morgan fingerprint density at radius 1 is 1.44 bits per heavy atom. The molecule has 2 heterocycles. The van der Waals surface area contributed by atoms with Crippen molar-refractivity contribution >= 4 is 5.91 Å². The molecule has 0 bridgehead atoms. The molecule has 0 aliphatic carbocycles.